The third kappa shape index (κ3) is 3.57. The van der Waals surface area contributed by atoms with Gasteiger partial charge >= 0.3 is 0 Å². The van der Waals surface area contributed by atoms with Gasteiger partial charge in [-0.1, -0.05) is 0 Å². The van der Waals surface area contributed by atoms with Crippen LogP contribution < -0.4 is 10.1 Å². The fraction of sp³-hybridized carbons (Fsp3) is 0.400. The van der Waals surface area contributed by atoms with Crippen molar-refractivity contribution in [1.82, 2.24) is 19.9 Å². The van der Waals surface area contributed by atoms with Crippen LogP contribution in [0, 0.1) is 0 Å². The topological polar surface area (TPSA) is 61.2 Å². The lowest BCUT2D eigenvalue weighted by Crippen LogP contribution is -2.41. The quantitative estimate of drug-likeness (QED) is 0.765. The molecule has 1 atom stereocenters. The van der Waals surface area contributed by atoms with Crippen LogP contribution in [0.5, 0.6) is 5.88 Å². The van der Waals surface area contributed by atoms with Gasteiger partial charge in [0.1, 0.15) is 12.7 Å². The Hall–Kier alpha value is -2.44. The summed E-state index contributed by atoms with van der Waals surface area (Å²) in [5.41, 5.74) is 2.81. The highest BCUT2D eigenvalue weighted by molar-refractivity contribution is 5.86. The zero-order valence-corrected chi connectivity index (χ0v) is 15.2. The molecule has 4 heterocycles. The van der Waals surface area contributed by atoms with Gasteiger partial charge in [-0.05, 0) is 38.1 Å². The van der Waals surface area contributed by atoms with Crippen LogP contribution in [-0.2, 0) is 4.74 Å². The van der Waals surface area contributed by atoms with E-state index in [1.165, 1.54) is 0 Å². The maximum Gasteiger partial charge on any atom is 0.223 e. The molecule has 136 valence electrons. The van der Waals surface area contributed by atoms with Gasteiger partial charge < -0.3 is 19.4 Å². The highest BCUT2D eigenvalue weighted by Crippen LogP contribution is 2.29. The van der Waals surface area contributed by atoms with Gasteiger partial charge in [-0.2, -0.15) is 0 Å². The van der Waals surface area contributed by atoms with Crippen molar-refractivity contribution in [2.24, 2.45) is 0 Å². The smallest absolute Gasteiger partial charge is 0.223 e. The van der Waals surface area contributed by atoms with Crippen molar-refractivity contribution in [2.75, 3.05) is 26.3 Å². The van der Waals surface area contributed by atoms with Gasteiger partial charge in [0.25, 0.3) is 0 Å². The molecule has 0 saturated carbocycles. The minimum absolute atomic E-state index is 0.0444. The molecule has 26 heavy (non-hydrogen) atoms. The van der Waals surface area contributed by atoms with Crippen molar-refractivity contribution in [3.63, 3.8) is 0 Å². The standard InChI is InChI=1S/C20H24N4O2/c1-14(2)24-8-5-15(12-24)18-10-19-17(4-3-6-22-19)20(23-18)26-13-16-11-21-7-9-25-16/h3-6,8,10,12,14,16,21H,7,9,11,13H2,1-2H3/t16-/m0/s1. The van der Waals surface area contributed by atoms with Crippen molar-refractivity contribution >= 4 is 10.9 Å². The first kappa shape index (κ1) is 17.0. The third-order valence-electron chi connectivity index (χ3n) is 4.58. The molecule has 4 rings (SSSR count). The second-order valence-corrected chi connectivity index (χ2v) is 6.83. The highest BCUT2D eigenvalue weighted by atomic mass is 16.5. The number of nitrogens with zero attached hydrogens (tertiary/aromatic N) is 3. The molecular formula is C20H24N4O2. The summed E-state index contributed by atoms with van der Waals surface area (Å²) in [4.78, 5) is 9.27. The van der Waals surface area contributed by atoms with Gasteiger partial charge in [0.05, 0.1) is 23.2 Å². The lowest BCUT2D eigenvalue weighted by atomic mass is 10.1. The van der Waals surface area contributed by atoms with Crippen LogP contribution in [0.4, 0.5) is 0 Å². The first-order valence-corrected chi connectivity index (χ1v) is 9.09. The Morgan fingerprint density at radius 2 is 2.31 bits per heavy atom. The van der Waals surface area contributed by atoms with Crippen molar-refractivity contribution in [1.29, 1.82) is 0 Å². The van der Waals surface area contributed by atoms with E-state index >= 15 is 0 Å². The number of pyridine rings is 2. The maximum absolute atomic E-state index is 6.05. The molecule has 6 heteroatoms. The third-order valence-corrected chi connectivity index (χ3v) is 4.58. The molecule has 6 nitrogen and oxygen atoms in total. The van der Waals surface area contributed by atoms with Gasteiger partial charge in [-0.15, -0.1) is 0 Å². The van der Waals surface area contributed by atoms with Gasteiger partial charge in [0.2, 0.25) is 5.88 Å². The molecule has 0 bridgehead atoms. The normalized spacial score (nSPS) is 17.7. The van der Waals surface area contributed by atoms with Crippen LogP contribution in [0.3, 0.4) is 0 Å². The number of morpholine rings is 1. The molecule has 0 spiro atoms. The lowest BCUT2D eigenvalue weighted by molar-refractivity contribution is -0.000365. The van der Waals surface area contributed by atoms with E-state index in [-0.39, 0.29) is 6.10 Å². The van der Waals surface area contributed by atoms with Crippen molar-refractivity contribution in [3.8, 4) is 17.1 Å². The predicted octanol–water partition coefficient (Wildman–Crippen LogP) is 3.05. The molecule has 0 unspecified atom stereocenters. The van der Waals surface area contributed by atoms with Gasteiger partial charge in [0.15, 0.2) is 0 Å². The van der Waals surface area contributed by atoms with Crippen molar-refractivity contribution < 1.29 is 9.47 Å². The first-order valence-electron chi connectivity index (χ1n) is 9.09. The largest absolute Gasteiger partial charge is 0.474 e. The Balaban J connectivity index is 1.65. The summed E-state index contributed by atoms with van der Waals surface area (Å²) in [6.45, 7) is 7.20. The lowest BCUT2D eigenvalue weighted by Gasteiger charge is -2.23. The Morgan fingerprint density at radius 1 is 1.38 bits per heavy atom. The van der Waals surface area contributed by atoms with Crippen molar-refractivity contribution in [2.45, 2.75) is 26.0 Å². The summed E-state index contributed by atoms with van der Waals surface area (Å²) in [6, 6.07) is 8.41. The summed E-state index contributed by atoms with van der Waals surface area (Å²) in [6.07, 6.45) is 6.03. The molecule has 0 aliphatic carbocycles. The Kier molecular flexibility index (Phi) is 4.86. The minimum Gasteiger partial charge on any atom is -0.474 e. The number of rotatable bonds is 5. The maximum atomic E-state index is 6.05. The molecular weight excluding hydrogens is 328 g/mol. The van der Waals surface area contributed by atoms with E-state index in [1.807, 2.05) is 18.2 Å². The number of hydrogen-bond acceptors (Lipinski definition) is 5. The van der Waals surface area contributed by atoms with Crippen molar-refractivity contribution in [3.05, 3.63) is 42.9 Å². The number of fused-ring (bicyclic) bond motifs is 1. The van der Waals surface area contributed by atoms with Crippen LogP contribution in [0.15, 0.2) is 42.9 Å². The highest BCUT2D eigenvalue weighted by Gasteiger charge is 2.16. The predicted molar refractivity (Wildman–Crippen MR) is 101 cm³/mol. The molecule has 1 fully saturated rings. The molecule has 0 radical (unpaired) electrons. The molecule has 1 saturated heterocycles. The van der Waals surface area contributed by atoms with E-state index < -0.39 is 0 Å². The fourth-order valence-corrected chi connectivity index (χ4v) is 3.09. The van der Waals surface area contributed by atoms with E-state index in [0.29, 0.717) is 25.1 Å². The van der Waals surface area contributed by atoms with Gasteiger partial charge in [0, 0.05) is 43.3 Å². The summed E-state index contributed by atoms with van der Waals surface area (Å²) in [5, 5.41) is 4.24. The summed E-state index contributed by atoms with van der Waals surface area (Å²) in [7, 11) is 0. The fourth-order valence-electron chi connectivity index (χ4n) is 3.09. The zero-order chi connectivity index (χ0) is 17.9. The Morgan fingerprint density at radius 3 is 3.08 bits per heavy atom. The average Bonchev–Trinajstić information content (AvgIpc) is 3.17. The molecule has 1 aliphatic rings. The van der Waals surface area contributed by atoms with E-state index in [9.17, 15) is 0 Å². The summed E-state index contributed by atoms with van der Waals surface area (Å²) in [5.74, 6) is 0.608. The molecule has 0 amide bonds. The minimum atomic E-state index is 0.0444. The van der Waals surface area contributed by atoms with Crippen LogP contribution in [0.1, 0.15) is 19.9 Å². The van der Waals surface area contributed by atoms with E-state index in [0.717, 1.165) is 35.2 Å². The first-order chi connectivity index (χ1) is 12.7. The number of aromatic nitrogens is 3. The summed E-state index contributed by atoms with van der Waals surface area (Å²) < 4.78 is 13.9. The van der Waals surface area contributed by atoms with Crippen LogP contribution in [0.2, 0.25) is 0 Å². The summed E-state index contributed by atoms with van der Waals surface area (Å²) >= 11 is 0. The van der Waals surface area contributed by atoms with Crippen LogP contribution in [-0.4, -0.2) is 46.9 Å². The molecule has 1 aliphatic heterocycles. The number of ether oxygens (including phenoxy) is 2. The van der Waals surface area contributed by atoms with Crippen LogP contribution >= 0.6 is 0 Å². The molecule has 0 aromatic carbocycles. The average molecular weight is 352 g/mol. The Labute approximate surface area is 153 Å². The van der Waals surface area contributed by atoms with Crippen LogP contribution in [0.25, 0.3) is 22.2 Å². The second kappa shape index (κ2) is 7.43. The number of nitrogens with one attached hydrogen (secondary N) is 1. The molecule has 1 N–H and O–H groups in total. The van der Waals surface area contributed by atoms with E-state index in [2.05, 4.69) is 47.2 Å². The monoisotopic (exact) mass is 352 g/mol. The zero-order valence-electron chi connectivity index (χ0n) is 15.2. The van der Waals surface area contributed by atoms with Gasteiger partial charge in [-0.25, -0.2) is 4.98 Å². The molecule has 3 aromatic rings. The van der Waals surface area contributed by atoms with E-state index in [1.54, 1.807) is 6.20 Å². The second-order valence-electron chi connectivity index (χ2n) is 6.83. The van der Waals surface area contributed by atoms with Gasteiger partial charge in [-0.3, -0.25) is 4.98 Å². The SMILES string of the molecule is CC(C)n1ccc(-c2cc3ncccc3c(OC[C@@H]3CNCCO3)n2)c1. The van der Waals surface area contributed by atoms with E-state index in [4.69, 9.17) is 14.5 Å². The Bertz CT molecular complexity index is 884. The number of hydrogen-bond donors (Lipinski definition) is 1. The molecule has 3 aromatic heterocycles.